The molecule has 0 unspecified atom stereocenters. The normalized spacial score (nSPS) is 19.0. The van der Waals surface area contributed by atoms with Gasteiger partial charge in [-0.25, -0.2) is 8.78 Å². The average molecular weight is 527 g/mol. The summed E-state index contributed by atoms with van der Waals surface area (Å²) in [6, 6.07) is 15.5. The fourth-order valence-corrected chi connectivity index (χ4v) is 5.14. The van der Waals surface area contributed by atoms with E-state index in [-0.39, 0.29) is 12.8 Å². The lowest BCUT2D eigenvalue weighted by Crippen LogP contribution is -2.58. The minimum Gasteiger partial charge on any atom is -0.495 e. The number of alkyl halides is 2. The van der Waals surface area contributed by atoms with Crippen molar-refractivity contribution >= 4 is 40.4 Å². The first-order valence-electron chi connectivity index (χ1n) is 12.1. The van der Waals surface area contributed by atoms with E-state index in [2.05, 4.69) is 21.4 Å². The standard InChI is InChI=1S/C27H28F2N4O3S/c1-35-22-14-18(5-6-20(22)33-37-2)17-3-4-19-15-23(36-21(19)13-17)31-26(9-11-27(28,29)12-10-26)24(34)32-25(16-30)7-8-25/h3-6,13-15,31,33H,7-12H2,1-2H3,(H,32,34). The summed E-state index contributed by atoms with van der Waals surface area (Å²) in [5.74, 6) is -2.22. The second kappa shape index (κ2) is 9.45. The van der Waals surface area contributed by atoms with Crippen molar-refractivity contribution in [3.8, 4) is 22.9 Å². The first-order valence-corrected chi connectivity index (χ1v) is 13.3. The van der Waals surface area contributed by atoms with Gasteiger partial charge >= 0.3 is 0 Å². The van der Waals surface area contributed by atoms with Crippen molar-refractivity contribution in [1.82, 2.24) is 5.32 Å². The second-order valence-corrected chi connectivity index (χ2v) is 10.4. The first-order chi connectivity index (χ1) is 17.7. The number of amides is 1. The summed E-state index contributed by atoms with van der Waals surface area (Å²) in [6.07, 6.45) is 2.10. The van der Waals surface area contributed by atoms with Gasteiger partial charge in [-0.3, -0.25) is 4.79 Å². The number of fused-ring (bicyclic) bond motifs is 1. The molecule has 2 aliphatic rings. The molecule has 2 saturated carbocycles. The molecule has 2 fully saturated rings. The number of nitriles is 1. The van der Waals surface area contributed by atoms with E-state index >= 15 is 0 Å². The van der Waals surface area contributed by atoms with Crippen LogP contribution < -0.4 is 20.1 Å². The lowest BCUT2D eigenvalue weighted by atomic mass is 9.79. The molecular formula is C27H28F2N4O3S. The minimum atomic E-state index is -2.82. The number of nitrogens with zero attached hydrogens (tertiary/aromatic N) is 1. The highest BCUT2D eigenvalue weighted by molar-refractivity contribution is 7.99. The molecule has 7 nitrogen and oxygen atoms in total. The SMILES string of the molecule is COc1cc(-c2ccc3cc(NC4(C(=O)NC5(C#N)CC5)CCC(F)(F)CC4)oc3c2)ccc1NSC. The molecule has 5 rings (SSSR count). The fourth-order valence-electron chi connectivity index (χ4n) is 4.75. The maximum absolute atomic E-state index is 14.0. The Kier molecular flexibility index (Phi) is 6.44. The van der Waals surface area contributed by atoms with Crippen LogP contribution in [-0.4, -0.2) is 36.3 Å². The molecule has 1 heterocycles. The maximum atomic E-state index is 14.0. The average Bonchev–Trinajstić information content (AvgIpc) is 3.55. The van der Waals surface area contributed by atoms with E-state index in [1.165, 1.54) is 11.9 Å². The summed E-state index contributed by atoms with van der Waals surface area (Å²) in [6.45, 7) is 0. The molecule has 2 aromatic carbocycles. The van der Waals surface area contributed by atoms with Gasteiger partial charge in [-0.05, 0) is 55.0 Å². The smallest absolute Gasteiger partial charge is 0.248 e. The van der Waals surface area contributed by atoms with E-state index in [1.54, 1.807) is 13.2 Å². The van der Waals surface area contributed by atoms with Crippen molar-refractivity contribution in [1.29, 1.82) is 5.26 Å². The van der Waals surface area contributed by atoms with Crippen molar-refractivity contribution in [2.75, 3.05) is 23.4 Å². The molecule has 0 radical (unpaired) electrons. The molecule has 2 aliphatic carbocycles. The summed E-state index contributed by atoms with van der Waals surface area (Å²) < 4.78 is 42.8. The Hall–Kier alpha value is -3.45. The Morgan fingerprint density at radius 3 is 2.41 bits per heavy atom. The Balaban J connectivity index is 1.42. The Morgan fingerprint density at radius 1 is 1.05 bits per heavy atom. The van der Waals surface area contributed by atoms with E-state index in [0.717, 1.165) is 22.2 Å². The van der Waals surface area contributed by atoms with Crippen molar-refractivity contribution < 1.29 is 22.7 Å². The van der Waals surface area contributed by atoms with Gasteiger partial charge in [0, 0.05) is 30.6 Å². The number of nitrogens with one attached hydrogen (secondary N) is 3. The zero-order chi connectivity index (χ0) is 26.3. The molecule has 0 spiro atoms. The molecule has 37 heavy (non-hydrogen) atoms. The molecular weight excluding hydrogens is 498 g/mol. The van der Waals surface area contributed by atoms with Gasteiger partial charge in [0.15, 0.2) is 5.88 Å². The Bertz CT molecular complexity index is 1370. The number of benzene rings is 2. The number of furan rings is 1. The van der Waals surface area contributed by atoms with Crippen LogP contribution in [0.2, 0.25) is 0 Å². The number of methoxy groups -OCH3 is 1. The van der Waals surface area contributed by atoms with Crippen LogP contribution in [0.3, 0.4) is 0 Å². The van der Waals surface area contributed by atoms with Crippen molar-refractivity contribution in [2.45, 2.75) is 55.5 Å². The third kappa shape index (κ3) is 5.05. The van der Waals surface area contributed by atoms with Gasteiger partial charge in [-0.2, -0.15) is 5.26 Å². The van der Waals surface area contributed by atoms with Crippen LogP contribution in [0.15, 0.2) is 46.9 Å². The summed E-state index contributed by atoms with van der Waals surface area (Å²) in [5.41, 5.74) is 1.15. The van der Waals surface area contributed by atoms with Gasteiger partial charge in [-0.1, -0.05) is 30.1 Å². The van der Waals surface area contributed by atoms with Gasteiger partial charge in [0.2, 0.25) is 11.8 Å². The number of hydrogen-bond acceptors (Lipinski definition) is 7. The zero-order valence-corrected chi connectivity index (χ0v) is 21.4. The number of carbonyl (C=O) groups is 1. The molecule has 0 saturated heterocycles. The highest BCUT2D eigenvalue weighted by Crippen LogP contribution is 2.43. The van der Waals surface area contributed by atoms with Crippen LogP contribution >= 0.6 is 11.9 Å². The molecule has 1 aromatic heterocycles. The molecule has 3 aromatic rings. The van der Waals surface area contributed by atoms with Gasteiger partial charge < -0.3 is 24.5 Å². The van der Waals surface area contributed by atoms with Gasteiger partial charge in [0.1, 0.15) is 22.4 Å². The molecule has 10 heteroatoms. The predicted octanol–water partition coefficient (Wildman–Crippen LogP) is 6.33. The topological polar surface area (TPSA) is 99.3 Å². The highest BCUT2D eigenvalue weighted by Gasteiger charge is 2.53. The van der Waals surface area contributed by atoms with E-state index in [9.17, 15) is 18.8 Å². The van der Waals surface area contributed by atoms with E-state index in [4.69, 9.17) is 9.15 Å². The van der Waals surface area contributed by atoms with Crippen molar-refractivity contribution in [3.63, 3.8) is 0 Å². The second-order valence-electron chi connectivity index (χ2n) is 9.80. The number of anilines is 2. The van der Waals surface area contributed by atoms with Crippen LogP contribution in [0.4, 0.5) is 20.4 Å². The molecule has 3 N–H and O–H groups in total. The van der Waals surface area contributed by atoms with Crippen molar-refractivity contribution in [3.05, 3.63) is 42.5 Å². The predicted molar refractivity (Wildman–Crippen MR) is 141 cm³/mol. The molecule has 0 bridgehead atoms. The highest BCUT2D eigenvalue weighted by atomic mass is 32.2. The van der Waals surface area contributed by atoms with Crippen LogP contribution in [0, 0.1) is 11.3 Å². The van der Waals surface area contributed by atoms with E-state index < -0.39 is 35.7 Å². The maximum Gasteiger partial charge on any atom is 0.248 e. The van der Waals surface area contributed by atoms with Crippen LogP contribution in [0.1, 0.15) is 38.5 Å². The number of hydrogen-bond donors (Lipinski definition) is 3. The Labute approximate surface area is 218 Å². The number of rotatable bonds is 8. The largest absolute Gasteiger partial charge is 0.495 e. The lowest BCUT2D eigenvalue weighted by molar-refractivity contribution is -0.130. The first kappa shape index (κ1) is 25.2. The quantitative estimate of drug-likeness (QED) is 0.295. The van der Waals surface area contributed by atoms with Gasteiger partial charge in [-0.15, -0.1) is 0 Å². The monoisotopic (exact) mass is 526 g/mol. The van der Waals surface area contributed by atoms with Crippen LogP contribution in [0.5, 0.6) is 5.75 Å². The Morgan fingerprint density at radius 2 is 1.76 bits per heavy atom. The number of carbonyl (C=O) groups excluding carboxylic acids is 1. The molecule has 0 aliphatic heterocycles. The number of ether oxygens (including phenoxy) is 1. The summed E-state index contributed by atoms with van der Waals surface area (Å²) in [7, 11) is 1.62. The molecule has 194 valence electrons. The summed E-state index contributed by atoms with van der Waals surface area (Å²) in [4.78, 5) is 13.3. The summed E-state index contributed by atoms with van der Waals surface area (Å²) in [5, 5.41) is 16.2. The zero-order valence-electron chi connectivity index (χ0n) is 20.6. The molecule has 0 atom stereocenters. The minimum absolute atomic E-state index is 0.0636. The van der Waals surface area contributed by atoms with E-state index in [0.29, 0.717) is 30.1 Å². The third-order valence-corrected chi connectivity index (χ3v) is 7.64. The van der Waals surface area contributed by atoms with Gasteiger partial charge in [0.25, 0.3) is 0 Å². The molecule has 1 amide bonds. The third-order valence-electron chi connectivity index (χ3n) is 7.22. The van der Waals surface area contributed by atoms with Crippen LogP contribution in [0.25, 0.3) is 22.1 Å². The summed E-state index contributed by atoms with van der Waals surface area (Å²) >= 11 is 1.48. The fraction of sp³-hybridized carbons (Fsp3) is 0.407. The van der Waals surface area contributed by atoms with Gasteiger partial charge in [0.05, 0.1) is 18.9 Å². The van der Waals surface area contributed by atoms with Crippen LogP contribution in [-0.2, 0) is 4.79 Å². The lowest BCUT2D eigenvalue weighted by Gasteiger charge is -2.39. The number of halogens is 2. The van der Waals surface area contributed by atoms with E-state index in [1.807, 2.05) is 42.7 Å². The van der Waals surface area contributed by atoms with Crippen molar-refractivity contribution in [2.24, 2.45) is 0 Å².